The van der Waals surface area contributed by atoms with Crippen LogP contribution in [0.1, 0.15) is 53.4 Å². The lowest BCUT2D eigenvalue weighted by molar-refractivity contribution is 0.243. The molecule has 96 valence electrons. The van der Waals surface area contributed by atoms with Crippen molar-refractivity contribution < 1.29 is 0 Å². The van der Waals surface area contributed by atoms with Gasteiger partial charge in [0.05, 0.1) is 0 Å². The smallest absolute Gasteiger partial charge is 0.0186 e. The van der Waals surface area contributed by atoms with Gasteiger partial charge in [0.15, 0.2) is 0 Å². The van der Waals surface area contributed by atoms with E-state index in [9.17, 15) is 0 Å². The van der Waals surface area contributed by atoms with E-state index >= 15 is 0 Å². The Kier molecular flexibility index (Phi) is 6.83. The molecule has 16 heavy (non-hydrogen) atoms. The Morgan fingerprint density at radius 2 is 1.81 bits per heavy atom. The third-order valence-corrected chi connectivity index (χ3v) is 4.92. The topological polar surface area (TPSA) is 12.0 Å². The van der Waals surface area contributed by atoms with E-state index < -0.39 is 0 Å². The van der Waals surface area contributed by atoms with Gasteiger partial charge in [0.25, 0.3) is 0 Å². The molecule has 0 saturated heterocycles. The molecule has 0 aromatic rings. The molecule has 1 aliphatic rings. The Bertz CT molecular complexity index is 174. The van der Waals surface area contributed by atoms with Gasteiger partial charge in [-0.3, -0.25) is 0 Å². The maximum Gasteiger partial charge on any atom is 0.0186 e. The molecule has 1 saturated carbocycles. The molecule has 1 rings (SSSR count). The summed E-state index contributed by atoms with van der Waals surface area (Å²) in [6, 6.07) is 0.755. The van der Waals surface area contributed by atoms with Crippen LogP contribution in [0.4, 0.5) is 0 Å². The summed E-state index contributed by atoms with van der Waals surface area (Å²) in [7, 11) is 0. The highest BCUT2D eigenvalue weighted by Crippen LogP contribution is 2.31. The molecule has 1 atom stereocenters. The minimum atomic E-state index is 0.755. The zero-order valence-electron chi connectivity index (χ0n) is 11.5. The Hall–Kier alpha value is 0.310. The molecule has 0 aromatic heterocycles. The Morgan fingerprint density at radius 1 is 1.19 bits per heavy atom. The van der Waals surface area contributed by atoms with Gasteiger partial charge in [0, 0.05) is 11.8 Å². The van der Waals surface area contributed by atoms with Crippen molar-refractivity contribution >= 4 is 11.8 Å². The molecule has 0 aromatic carbocycles. The third-order valence-electron chi connectivity index (χ3n) is 3.70. The molecule has 0 spiro atoms. The van der Waals surface area contributed by atoms with Crippen molar-refractivity contribution in [3.05, 3.63) is 0 Å². The summed E-state index contributed by atoms with van der Waals surface area (Å²) < 4.78 is 0. The summed E-state index contributed by atoms with van der Waals surface area (Å²) in [5.74, 6) is 3.20. The quantitative estimate of drug-likeness (QED) is 0.758. The summed E-state index contributed by atoms with van der Waals surface area (Å²) in [4.78, 5) is 0. The zero-order chi connectivity index (χ0) is 12.0. The largest absolute Gasteiger partial charge is 0.313 e. The van der Waals surface area contributed by atoms with Gasteiger partial charge in [0.2, 0.25) is 0 Å². The lowest BCUT2D eigenvalue weighted by atomic mass is 9.79. The van der Waals surface area contributed by atoms with Crippen molar-refractivity contribution in [2.24, 2.45) is 11.8 Å². The number of nitrogens with one attached hydrogen (secondary N) is 1. The average molecular weight is 243 g/mol. The highest BCUT2D eigenvalue weighted by Gasteiger charge is 2.25. The summed E-state index contributed by atoms with van der Waals surface area (Å²) in [5, 5.41) is 4.47. The van der Waals surface area contributed by atoms with E-state index in [0.29, 0.717) is 0 Å². The van der Waals surface area contributed by atoms with Crippen LogP contribution in [0.25, 0.3) is 0 Å². The van der Waals surface area contributed by atoms with Crippen molar-refractivity contribution in [3.63, 3.8) is 0 Å². The van der Waals surface area contributed by atoms with Gasteiger partial charge in [-0.2, -0.15) is 11.8 Å². The maximum atomic E-state index is 3.70. The van der Waals surface area contributed by atoms with Crippen LogP contribution in [0.2, 0.25) is 0 Å². The summed E-state index contributed by atoms with van der Waals surface area (Å²) in [6.07, 6.45) is 5.77. The first-order chi connectivity index (χ1) is 7.63. The first kappa shape index (κ1) is 14.4. The molecule has 1 unspecified atom stereocenters. The second kappa shape index (κ2) is 7.60. The average Bonchev–Trinajstić information content (AvgIpc) is 2.25. The number of rotatable bonds is 6. The summed E-state index contributed by atoms with van der Waals surface area (Å²) in [6.45, 7) is 10.4. The highest BCUT2D eigenvalue weighted by molar-refractivity contribution is 7.99. The standard InChI is InChI=1S/C14H29NS/c1-5-15-14(10-16-11(2)3)13-8-6-12(4)7-9-13/h11-15H,5-10H2,1-4H3. The normalized spacial score (nSPS) is 28.3. The van der Waals surface area contributed by atoms with Crippen molar-refractivity contribution in [2.75, 3.05) is 12.3 Å². The lowest BCUT2D eigenvalue weighted by Crippen LogP contribution is -2.40. The third kappa shape index (κ3) is 5.09. The molecule has 1 nitrogen and oxygen atoms in total. The van der Waals surface area contributed by atoms with Crippen LogP contribution in [-0.4, -0.2) is 23.6 Å². The molecule has 0 amide bonds. The Labute approximate surface area is 106 Å². The van der Waals surface area contributed by atoms with Crippen molar-refractivity contribution in [3.8, 4) is 0 Å². The fourth-order valence-electron chi connectivity index (χ4n) is 2.61. The summed E-state index contributed by atoms with van der Waals surface area (Å²) >= 11 is 2.11. The van der Waals surface area contributed by atoms with Crippen LogP contribution < -0.4 is 5.32 Å². The van der Waals surface area contributed by atoms with E-state index in [-0.39, 0.29) is 0 Å². The van der Waals surface area contributed by atoms with Crippen molar-refractivity contribution in [1.82, 2.24) is 5.32 Å². The van der Waals surface area contributed by atoms with Gasteiger partial charge in [-0.25, -0.2) is 0 Å². The van der Waals surface area contributed by atoms with Crippen LogP contribution in [-0.2, 0) is 0 Å². The van der Waals surface area contributed by atoms with Gasteiger partial charge in [-0.05, 0) is 36.5 Å². The zero-order valence-corrected chi connectivity index (χ0v) is 12.3. The molecule has 0 heterocycles. The van der Waals surface area contributed by atoms with E-state index in [1.54, 1.807) is 0 Å². The van der Waals surface area contributed by atoms with Gasteiger partial charge >= 0.3 is 0 Å². The molecular formula is C14H29NS. The molecule has 1 fully saturated rings. The molecule has 0 aliphatic heterocycles. The number of hydrogen-bond acceptors (Lipinski definition) is 2. The molecular weight excluding hydrogens is 214 g/mol. The van der Waals surface area contributed by atoms with Gasteiger partial charge in [0.1, 0.15) is 0 Å². The van der Waals surface area contributed by atoms with E-state index in [2.05, 4.69) is 44.8 Å². The van der Waals surface area contributed by atoms with E-state index in [1.165, 1.54) is 31.4 Å². The fraction of sp³-hybridized carbons (Fsp3) is 1.00. The fourth-order valence-corrected chi connectivity index (χ4v) is 3.59. The molecule has 2 heteroatoms. The Morgan fingerprint density at radius 3 is 2.31 bits per heavy atom. The predicted octanol–water partition coefficient (Wildman–Crippen LogP) is 3.93. The summed E-state index contributed by atoms with van der Waals surface area (Å²) in [5.41, 5.74) is 0. The second-order valence-electron chi connectivity index (χ2n) is 5.57. The van der Waals surface area contributed by atoms with Crippen LogP contribution in [0.3, 0.4) is 0 Å². The molecule has 0 radical (unpaired) electrons. The van der Waals surface area contributed by atoms with Crippen LogP contribution in [0.15, 0.2) is 0 Å². The monoisotopic (exact) mass is 243 g/mol. The second-order valence-corrected chi connectivity index (χ2v) is 7.18. The first-order valence-electron chi connectivity index (χ1n) is 6.98. The molecule has 0 bridgehead atoms. The minimum absolute atomic E-state index is 0.755. The lowest BCUT2D eigenvalue weighted by Gasteiger charge is -2.33. The van der Waals surface area contributed by atoms with E-state index in [4.69, 9.17) is 0 Å². The van der Waals surface area contributed by atoms with Crippen molar-refractivity contribution in [2.45, 2.75) is 64.7 Å². The van der Waals surface area contributed by atoms with Gasteiger partial charge < -0.3 is 5.32 Å². The minimum Gasteiger partial charge on any atom is -0.313 e. The van der Waals surface area contributed by atoms with E-state index in [1.807, 2.05) is 0 Å². The molecule has 1 aliphatic carbocycles. The predicted molar refractivity (Wildman–Crippen MR) is 76.2 cm³/mol. The van der Waals surface area contributed by atoms with Gasteiger partial charge in [-0.1, -0.05) is 40.5 Å². The SMILES string of the molecule is CCNC(CSC(C)C)C1CCC(C)CC1. The first-order valence-corrected chi connectivity index (χ1v) is 8.03. The van der Waals surface area contributed by atoms with Crippen LogP contribution >= 0.6 is 11.8 Å². The number of thioether (sulfide) groups is 1. The maximum absolute atomic E-state index is 3.70. The van der Waals surface area contributed by atoms with E-state index in [0.717, 1.165) is 29.7 Å². The van der Waals surface area contributed by atoms with Crippen LogP contribution in [0.5, 0.6) is 0 Å². The van der Waals surface area contributed by atoms with Crippen LogP contribution in [0, 0.1) is 11.8 Å². The van der Waals surface area contributed by atoms with Crippen molar-refractivity contribution in [1.29, 1.82) is 0 Å². The highest BCUT2D eigenvalue weighted by atomic mass is 32.2. The molecule has 1 N–H and O–H groups in total. The van der Waals surface area contributed by atoms with Gasteiger partial charge in [-0.15, -0.1) is 0 Å². The number of hydrogen-bond donors (Lipinski definition) is 1. The Balaban J connectivity index is 2.36.